The largest absolute Gasteiger partial charge is 0.461 e. The fourth-order valence-electron chi connectivity index (χ4n) is 6.05. The molecule has 1 aromatic rings. The number of carbonyl (C=O) groups is 3. The first kappa shape index (κ1) is 24.4. The molecular weight excluding hydrogens is 488 g/mol. The molecule has 0 saturated carbocycles. The highest BCUT2D eigenvalue weighted by Gasteiger charge is 2.72. The quantitative estimate of drug-likeness (QED) is 0.489. The highest BCUT2D eigenvalue weighted by atomic mass is 35.5. The lowest BCUT2D eigenvalue weighted by molar-refractivity contribution is -0.152. The minimum atomic E-state index is -0.962. The Hall–Kier alpha value is -2.29. The maximum absolute atomic E-state index is 14.4. The summed E-state index contributed by atoms with van der Waals surface area (Å²) < 4.78 is 4.44. The molecule has 0 aromatic heterocycles. The van der Waals surface area contributed by atoms with Crippen LogP contribution in [0.4, 0.5) is 5.69 Å². The number of thioether (sulfide) groups is 1. The van der Waals surface area contributed by atoms with Crippen molar-refractivity contribution in [1.29, 1.82) is 0 Å². The molecule has 6 atom stereocenters. The van der Waals surface area contributed by atoms with Gasteiger partial charge in [-0.05, 0) is 24.5 Å². The second-order valence-electron chi connectivity index (χ2n) is 9.90. The first-order valence-corrected chi connectivity index (χ1v) is 13.2. The van der Waals surface area contributed by atoms with Crippen LogP contribution < -0.4 is 4.90 Å². The predicted octanol–water partition coefficient (Wildman–Crippen LogP) is 2.98. The fourth-order valence-corrected chi connectivity index (χ4v) is 8.36. The summed E-state index contributed by atoms with van der Waals surface area (Å²) in [6.07, 6.45) is 7.57. The summed E-state index contributed by atoms with van der Waals surface area (Å²) in [4.78, 5) is 44.8. The van der Waals surface area contributed by atoms with E-state index in [1.165, 1.54) is 11.8 Å². The lowest BCUT2D eigenvalue weighted by Gasteiger charge is -2.40. The number of para-hydroxylation sites is 1. The van der Waals surface area contributed by atoms with Crippen LogP contribution in [0.1, 0.15) is 19.4 Å². The topological polar surface area (TPSA) is 87.2 Å². The number of anilines is 1. The number of aryl methyl sites for hydroxylation is 1. The standard InChI is InChI=1S/C26H29ClN2O5S/c1-14(2)17(13-30)29-22-24(32)28(21-15(3)7-4-8-16(21)27)11-6-10-26(22)20(23(29)31)19-18(35-26)9-5-12-34-25(19)33/h4-10,14,17-20,22,30H,11-13H2,1-3H3/t17-,18+,19-,20-,22?,26-/m0/s1. The van der Waals surface area contributed by atoms with Crippen molar-refractivity contribution >= 4 is 46.8 Å². The van der Waals surface area contributed by atoms with Crippen molar-refractivity contribution in [1.82, 2.24) is 4.90 Å². The van der Waals surface area contributed by atoms with Crippen LogP contribution >= 0.6 is 23.4 Å². The fraction of sp³-hybridized carbons (Fsp3) is 0.500. The maximum atomic E-state index is 14.4. The summed E-state index contributed by atoms with van der Waals surface area (Å²) in [7, 11) is 0. The number of amides is 2. The monoisotopic (exact) mass is 516 g/mol. The van der Waals surface area contributed by atoms with Gasteiger partial charge in [-0.15, -0.1) is 11.8 Å². The molecule has 0 bridgehead atoms. The lowest BCUT2D eigenvalue weighted by atomic mass is 9.78. The summed E-state index contributed by atoms with van der Waals surface area (Å²) in [5, 5.41) is 10.5. The highest BCUT2D eigenvalue weighted by Crippen LogP contribution is 2.61. The molecule has 7 nitrogen and oxygen atoms in total. The average molecular weight is 517 g/mol. The van der Waals surface area contributed by atoms with E-state index in [0.717, 1.165) is 5.56 Å². The van der Waals surface area contributed by atoms with Crippen molar-refractivity contribution in [2.24, 2.45) is 17.8 Å². The molecule has 5 rings (SSSR count). The number of hydrogen-bond acceptors (Lipinski definition) is 6. The molecular formula is C26H29ClN2O5S. The Labute approximate surface area is 214 Å². The first-order chi connectivity index (χ1) is 16.7. The molecule has 0 radical (unpaired) electrons. The number of nitrogens with zero attached hydrogens (tertiary/aromatic N) is 2. The Morgan fingerprint density at radius 2 is 2.00 bits per heavy atom. The smallest absolute Gasteiger partial charge is 0.311 e. The van der Waals surface area contributed by atoms with E-state index in [9.17, 15) is 19.5 Å². The molecule has 9 heteroatoms. The summed E-state index contributed by atoms with van der Waals surface area (Å²) in [6, 6.07) is 4.01. The summed E-state index contributed by atoms with van der Waals surface area (Å²) in [5.74, 6) is -2.53. The lowest BCUT2D eigenvalue weighted by Crippen LogP contribution is -2.57. The third-order valence-electron chi connectivity index (χ3n) is 7.62. The molecule has 4 heterocycles. The van der Waals surface area contributed by atoms with Gasteiger partial charge in [-0.1, -0.05) is 61.9 Å². The van der Waals surface area contributed by atoms with E-state index >= 15 is 0 Å². The Morgan fingerprint density at radius 1 is 1.23 bits per heavy atom. The molecule has 4 aliphatic rings. The number of halogens is 1. The van der Waals surface area contributed by atoms with Gasteiger partial charge >= 0.3 is 5.97 Å². The van der Waals surface area contributed by atoms with Crippen LogP contribution in [0.25, 0.3) is 0 Å². The third kappa shape index (κ3) is 3.56. The molecule has 1 spiro atoms. The van der Waals surface area contributed by atoms with Gasteiger partial charge in [0.15, 0.2) is 0 Å². The Kier molecular flexibility index (Phi) is 6.26. The number of rotatable bonds is 4. The van der Waals surface area contributed by atoms with Gasteiger partial charge in [0.05, 0.1) is 39.9 Å². The van der Waals surface area contributed by atoms with E-state index in [1.54, 1.807) is 21.9 Å². The Balaban J connectivity index is 1.69. The molecule has 1 aromatic carbocycles. The molecule has 1 N–H and O–H groups in total. The molecule has 2 fully saturated rings. The molecule has 1 unspecified atom stereocenters. The van der Waals surface area contributed by atoms with Gasteiger partial charge in [0.25, 0.3) is 5.91 Å². The number of hydrogen-bond donors (Lipinski definition) is 1. The second-order valence-corrected chi connectivity index (χ2v) is 11.8. The number of esters is 1. The van der Waals surface area contributed by atoms with Crippen molar-refractivity contribution in [2.75, 3.05) is 24.7 Å². The number of ether oxygens (including phenoxy) is 1. The van der Waals surface area contributed by atoms with Crippen molar-refractivity contribution < 1.29 is 24.2 Å². The average Bonchev–Trinajstić information content (AvgIpc) is 3.10. The van der Waals surface area contributed by atoms with E-state index in [0.29, 0.717) is 10.7 Å². The minimum Gasteiger partial charge on any atom is -0.461 e. The van der Waals surface area contributed by atoms with Crippen molar-refractivity contribution in [3.8, 4) is 0 Å². The van der Waals surface area contributed by atoms with Gasteiger partial charge in [0.1, 0.15) is 12.6 Å². The van der Waals surface area contributed by atoms with E-state index in [-0.39, 0.29) is 42.7 Å². The molecule has 4 aliphatic heterocycles. The minimum absolute atomic E-state index is 0.0999. The molecule has 2 saturated heterocycles. The number of aliphatic hydroxyl groups excluding tert-OH is 1. The van der Waals surface area contributed by atoms with Crippen molar-refractivity contribution in [2.45, 2.75) is 42.9 Å². The van der Waals surface area contributed by atoms with Crippen LogP contribution in [-0.4, -0.2) is 69.6 Å². The van der Waals surface area contributed by atoms with Crippen LogP contribution in [-0.2, 0) is 19.1 Å². The van der Waals surface area contributed by atoms with Gasteiger partial charge < -0.3 is 19.6 Å². The predicted molar refractivity (Wildman–Crippen MR) is 135 cm³/mol. The van der Waals surface area contributed by atoms with Crippen molar-refractivity contribution in [3.63, 3.8) is 0 Å². The zero-order chi connectivity index (χ0) is 25.1. The van der Waals surface area contributed by atoms with E-state index < -0.39 is 34.6 Å². The van der Waals surface area contributed by atoms with Crippen LogP contribution in [0, 0.1) is 24.7 Å². The third-order valence-corrected chi connectivity index (χ3v) is 9.67. The first-order valence-electron chi connectivity index (χ1n) is 11.9. The number of likely N-dealkylation sites (tertiary alicyclic amines) is 1. The SMILES string of the molecule is Cc1cccc(Cl)c1N1CC=C[C@]23S[C@@H]4C=CCOC(=O)[C@@H]4[C@H]2C(=O)N([C@@H](CO)C(C)C)C3C1=O. The zero-order valence-electron chi connectivity index (χ0n) is 19.9. The van der Waals surface area contributed by atoms with E-state index in [1.807, 2.05) is 51.1 Å². The van der Waals surface area contributed by atoms with Gasteiger partial charge in [-0.3, -0.25) is 14.4 Å². The molecule has 2 amide bonds. The number of benzene rings is 1. The molecule has 35 heavy (non-hydrogen) atoms. The zero-order valence-corrected chi connectivity index (χ0v) is 21.5. The van der Waals surface area contributed by atoms with Crippen LogP contribution in [0.2, 0.25) is 5.02 Å². The van der Waals surface area contributed by atoms with E-state index in [4.69, 9.17) is 16.3 Å². The van der Waals surface area contributed by atoms with Gasteiger partial charge in [0.2, 0.25) is 5.91 Å². The Morgan fingerprint density at radius 3 is 2.69 bits per heavy atom. The summed E-state index contributed by atoms with van der Waals surface area (Å²) in [6.45, 7) is 5.91. The van der Waals surface area contributed by atoms with E-state index in [2.05, 4.69) is 0 Å². The van der Waals surface area contributed by atoms with Gasteiger partial charge in [-0.2, -0.15) is 0 Å². The highest BCUT2D eigenvalue weighted by molar-refractivity contribution is 8.02. The number of carbonyl (C=O) groups excluding carboxylic acids is 3. The second kappa shape index (κ2) is 8.98. The number of fused-ring (bicyclic) bond motifs is 2. The summed E-state index contributed by atoms with van der Waals surface area (Å²) >= 11 is 8.05. The molecule has 0 aliphatic carbocycles. The van der Waals surface area contributed by atoms with Crippen LogP contribution in [0.15, 0.2) is 42.5 Å². The van der Waals surface area contributed by atoms with Gasteiger partial charge in [-0.25, -0.2) is 0 Å². The van der Waals surface area contributed by atoms with Crippen LogP contribution in [0.3, 0.4) is 0 Å². The number of cyclic esters (lactones) is 1. The summed E-state index contributed by atoms with van der Waals surface area (Å²) in [5.41, 5.74) is 1.46. The van der Waals surface area contributed by atoms with Crippen molar-refractivity contribution in [3.05, 3.63) is 53.1 Å². The maximum Gasteiger partial charge on any atom is 0.311 e. The molecule has 186 valence electrons. The Bertz CT molecular complexity index is 1120. The van der Waals surface area contributed by atoms with Crippen LogP contribution in [0.5, 0.6) is 0 Å². The normalized spacial score (nSPS) is 32.8. The number of aliphatic hydroxyl groups is 1. The van der Waals surface area contributed by atoms with Gasteiger partial charge in [0, 0.05) is 11.8 Å².